The van der Waals surface area contributed by atoms with Crippen LogP contribution in [0.5, 0.6) is 0 Å². The van der Waals surface area contributed by atoms with Crippen molar-refractivity contribution in [2.75, 3.05) is 36.5 Å². The van der Waals surface area contributed by atoms with E-state index in [9.17, 15) is 18.0 Å². The van der Waals surface area contributed by atoms with Crippen molar-refractivity contribution in [3.05, 3.63) is 71.3 Å². The smallest absolute Gasteiger partial charge is 0.355 e. The first-order valence-electron chi connectivity index (χ1n) is 14.2. The molecule has 44 heavy (non-hydrogen) atoms. The van der Waals surface area contributed by atoms with Crippen LogP contribution in [0, 0.1) is 5.82 Å². The number of aromatic nitrogens is 5. The van der Waals surface area contributed by atoms with Crippen LogP contribution in [-0.4, -0.2) is 75.7 Å². The molecule has 2 aliphatic rings. The summed E-state index contributed by atoms with van der Waals surface area (Å²) in [5, 5.41) is 0.191. The standard InChI is InChI=1S/C30H31FN8O4S/c1-4-24(40)37-11-12-38(17(2)15-37)28-20-13-21(31)25(26-22(32)14-33-16-34-26)35-29(20)39(30(41)36-28)27-19(18-7-5-8-18)9-6-10-23(27)44(3,42)43/h4,6,9-10,13-14,16-18H,1,5,7-8,11-12,15,32H2,2-3H3/t17-/m0/s1. The van der Waals surface area contributed by atoms with Crippen LogP contribution < -0.4 is 16.3 Å². The van der Waals surface area contributed by atoms with E-state index in [0.29, 0.717) is 25.2 Å². The van der Waals surface area contributed by atoms with E-state index in [2.05, 4.69) is 26.5 Å². The van der Waals surface area contributed by atoms with Gasteiger partial charge in [-0.2, -0.15) is 4.98 Å². The minimum atomic E-state index is -3.83. The fourth-order valence-electron chi connectivity index (χ4n) is 5.96. The number of halogens is 1. The highest BCUT2D eigenvalue weighted by molar-refractivity contribution is 7.90. The van der Waals surface area contributed by atoms with E-state index in [1.54, 1.807) is 11.0 Å². The quantitative estimate of drug-likeness (QED) is 0.319. The van der Waals surface area contributed by atoms with Gasteiger partial charge in [-0.05, 0) is 49.5 Å². The van der Waals surface area contributed by atoms with Crippen molar-refractivity contribution in [1.29, 1.82) is 0 Å². The molecular weight excluding hydrogens is 587 g/mol. The number of nitrogen functional groups attached to an aromatic ring is 1. The van der Waals surface area contributed by atoms with Gasteiger partial charge in [0.2, 0.25) is 5.91 Å². The number of pyridine rings is 1. The Bertz CT molecular complexity index is 1990. The van der Waals surface area contributed by atoms with E-state index in [4.69, 9.17) is 5.73 Å². The minimum Gasteiger partial charge on any atom is -0.396 e. The van der Waals surface area contributed by atoms with Gasteiger partial charge in [-0.1, -0.05) is 25.1 Å². The summed E-state index contributed by atoms with van der Waals surface area (Å²) in [4.78, 5) is 46.9. The van der Waals surface area contributed by atoms with Gasteiger partial charge >= 0.3 is 5.69 Å². The first-order chi connectivity index (χ1) is 21.0. The summed E-state index contributed by atoms with van der Waals surface area (Å²) in [6.45, 7) is 6.39. The lowest BCUT2D eigenvalue weighted by Crippen LogP contribution is -2.54. The highest BCUT2D eigenvalue weighted by Crippen LogP contribution is 2.42. The van der Waals surface area contributed by atoms with E-state index in [1.165, 1.54) is 35.3 Å². The number of anilines is 2. The Balaban J connectivity index is 1.67. The number of hydrogen-bond donors (Lipinski definition) is 1. The van der Waals surface area contributed by atoms with Crippen molar-refractivity contribution in [1.82, 2.24) is 29.4 Å². The fourth-order valence-corrected chi connectivity index (χ4v) is 6.84. The van der Waals surface area contributed by atoms with Crippen LogP contribution in [-0.2, 0) is 14.6 Å². The summed E-state index contributed by atoms with van der Waals surface area (Å²) in [6, 6.07) is 5.84. The number of benzene rings is 1. The molecule has 2 N–H and O–H groups in total. The summed E-state index contributed by atoms with van der Waals surface area (Å²) >= 11 is 0. The lowest BCUT2D eigenvalue weighted by molar-refractivity contribution is -0.126. The molecule has 1 saturated carbocycles. The predicted octanol–water partition coefficient (Wildman–Crippen LogP) is 2.85. The number of carbonyl (C=O) groups excluding carboxylic acids is 1. The maximum Gasteiger partial charge on any atom is 0.355 e. The topological polar surface area (TPSA) is 157 Å². The van der Waals surface area contributed by atoms with Crippen LogP contribution in [0.1, 0.15) is 37.7 Å². The van der Waals surface area contributed by atoms with Gasteiger partial charge in [-0.15, -0.1) is 0 Å². The number of sulfone groups is 1. The van der Waals surface area contributed by atoms with Crippen LogP contribution in [0.25, 0.3) is 28.1 Å². The molecule has 0 spiro atoms. The van der Waals surface area contributed by atoms with Crippen LogP contribution >= 0.6 is 0 Å². The number of hydrogen-bond acceptors (Lipinski definition) is 10. The second kappa shape index (κ2) is 11.1. The van der Waals surface area contributed by atoms with Gasteiger partial charge in [0.1, 0.15) is 23.5 Å². The molecule has 0 unspecified atom stereocenters. The number of piperazine rings is 1. The molecule has 1 amide bonds. The molecule has 1 atom stereocenters. The Morgan fingerprint density at radius 3 is 2.59 bits per heavy atom. The highest BCUT2D eigenvalue weighted by Gasteiger charge is 2.33. The number of para-hydroxylation sites is 1. The van der Waals surface area contributed by atoms with Crippen LogP contribution in [0.15, 0.2) is 59.1 Å². The molecule has 12 nitrogen and oxygen atoms in total. The molecule has 228 valence electrons. The average molecular weight is 619 g/mol. The molecule has 0 bridgehead atoms. The lowest BCUT2D eigenvalue weighted by atomic mass is 9.79. The number of fused-ring (bicyclic) bond motifs is 1. The Kier molecular flexibility index (Phi) is 7.40. The van der Waals surface area contributed by atoms with E-state index < -0.39 is 21.3 Å². The molecule has 0 radical (unpaired) electrons. The second-order valence-electron chi connectivity index (χ2n) is 11.2. The molecule has 6 rings (SSSR count). The summed E-state index contributed by atoms with van der Waals surface area (Å²) < 4.78 is 43.3. The van der Waals surface area contributed by atoms with Gasteiger partial charge < -0.3 is 15.5 Å². The van der Waals surface area contributed by atoms with Gasteiger partial charge in [0.05, 0.1) is 27.9 Å². The summed E-state index contributed by atoms with van der Waals surface area (Å²) in [7, 11) is -3.83. The number of amides is 1. The Hall–Kier alpha value is -4.72. The number of nitrogens with zero attached hydrogens (tertiary/aromatic N) is 7. The zero-order valence-electron chi connectivity index (χ0n) is 24.3. The van der Waals surface area contributed by atoms with Crippen molar-refractivity contribution in [3.8, 4) is 17.1 Å². The van der Waals surface area contributed by atoms with Crippen LogP contribution in [0.2, 0.25) is 0 Å². The first-order valence-corrected chi connectivity index (χ1v) is 16.1. The Morgan fingerprint density at radius 2 is 1.95 bits per heavy atom. The Labute approximate surface area is 253 Å². The number of rotatable bonds is 6. The van der Waals surface area contributed by atoms with Gasteiger partial charge in [0, 0.05) is 31.9 Å². The van der Waals surface area contributed by atoms with Gasteiger partial charge in [-0.3, -0.25) is 4.79 Å². The largest absolute Gasteiger partial charge is 0.396 e. The maximum absolute atomic E-state index is 15.9. The van der Waals surface area contributed by atoms with Gasteiger partial charge in [-0.25, -0.2) is 37.1 Å². The molecule has 1 saturated heterocycles. The average Bonchev–Trinajstić information content (AvgIpc) is 2.95. The maximum atomic E-state index is 15.9. The number of carbonyl (C=O) groups is 1. The Morgan fingerprint density at radius 1 is 1.18 bits per heavy atom. The van der Waals surface area contributed by atoms with Crippen LogP contribution in [0.3, 0.4) is 0 Å². The first kappa shape index (κ1) is 29.4. The van der Waals surface area contributed by atoms with Gasteiger partial charge in [0.25, 0.3) is 0 Å². The third kappa shape index (κ3) is 4.98. The van der Waals surface area contributed by atoms with Crippen molar-refractivity contribution < 1.29 is 17.6 Å². The molecule has 1 aliphatic heterocycles. The molecule has 3 aromatic heterocycles. The molecular formula is C30H31FN8O4S. The van der Waals surface area contributed by atoms with E-state index in [-0.39, 0.29) is 62.4 Å². The molecule has 4 aromatic rings. The molecule has 2 fully saturated rings. The zero-order valence-corrected chi connectivity index (χ0v) is 25.1. The van der Waals surface area contributed by atoms with E-state index in [1.807, 2.05) is 17.9 Å². The SMILES string of the molecule is C=CC(=O)N1CCN(c2nc(=O)n(-c3c(C4CCC4)cccc3S(C)(=O)=O)c3nc(-c4ncncc4N)c(F)cc23)[C@@H](C)C1. The summed E-state index contributed by atoms with van der Waals surface area (Å²) in [5.74, 6) is -0.776. The van der Waals surface area contributed by atoms with E-state index in [0.717, 1.165) is 25.5 Å². The summed E-state index contributed by atoms with van der Waals surface area (Å²) in [6.07, 6.45) is 7.48. The predicted molar refractivity (Wildman–Crippen MR) is 164 cm³/mol. The monoisotopic (exact) mass is 618 g/mol. The van der Waals surface area contributed by atoms with Crippen molar-refractivity contribution in [3.63, 3.8) is 0 Å². The van der Waals surface area contributed by atoms with Crippen LogP contribution in [0.4, 0.5) is 15.9 Å². The summed E-state index contributed by atoms with van der Waals surface area (Å²) in [5.41, 5.74) is 6.03. The highest BCUT2D eigenvalue weighted by atomic mass is 32.2. The van der Waals surface area contributed by atoms with E-state index >= 15 is 4.39 Å². The molecule has 1 aliphatic carbocycles. The van der Waals surface area contributed by atoms with Gasteiger partial charge in [0.15, 0.2) is 21.3 Å². The fraction of sp³-hybridized carbons (Fsp3) is 0.333. The minimum absolute atomic E-state index is 0.00267. The molecule has 4 heterocycles. The van der Waals surface area contributed by atoms with Crippen molar-refractivity contribution >= 4 is 38.3 Å². The molecule has 1 aromatic carbocycles. The zero-order chi connectivity index (χ0) is 31.3. The van der Waals surface area contributed by atoms with Crippen molar-refractivity contribution in [2.24, 2.45) is 0 Å². The third-order valence-corrected chi connectivity index (χ3v) is 9.48. The normalized spacial score (nSPS) is 17.5. The third-order valence-electron chi connectivity index (χ3n) is 8.35. The molecule has 14 heteroatoms. The van der Waals surface area contributed by atoms with Crippen molar-refractivity contribution in [2.45, 2.75) is 43.0 Å². The number of nitrogens with two attached hydrogens (primary N) is 1. The second-order valence-corrected chi connectivity index (χ2v) is 13.2. The lowest BCUT2D eigenvalue weighted by Gasteiger charge is -2.40.